The number of hydrogen-bond acceptors (Lipinski definition) is 4. The van der Waals surface area contributed by atoms with E-state index < -0.39 is 0 Å². The molecule has 2 rings (SSSR count). The Bertz CT molecular complexity index is 593. The molecule has 1 aliphatic heterocycles. The van der Waals surface area contributed by atoms with Crippen molar-refractivity contribution in [2.45, 2.75) is 39.5 Å². The van der Waals surface area contributed by atoms with E-state index in [2.05, 4.69) is 12.1 Å². The van der Waals surface area contributed by atoms with Gasteiger partial charge in [-0.25, -0.2) is 0 Å². The number of nitrogens with zero attached hydrogens (tertiary/aromatic N) is 2. The molecule has 5 heteroatoms. The predicted octanol–water partition coefficient (Wildman–Crippen LogP) is 2.80. The van der Waals surface area contributed by atoms with Gasteiger partial charge in [-0.1, -0.05) is 18.5 Å². The molecule has 0 fully saturated rings. The second-order valence-corrected chi connectivity index (χ2v) is 5.26. The van der Waals surface area contributed by atoms with Gasteiger partial charge < -0.3 is 10.1 Å². The van der Waals surface area contributed by atoms with E-state index in [0.717, 1.165) is 24.1 Å². The van der Waals surface area contributed by atoms with Crippen LogP contribution in [-0.2, 0) is 11.2 Å². The topological polar surface area (TPSA) is 70.0 Å². The molecule has 0 saturated carbocycles. The van der Waals surface area contributed by atoms with Crippen LogP contribution in [-0.4, -0.2) is 29.2 Å². The first-order valence-electron chi connectivity index (χ1n) is 7.25. The maximum atomic E-state index is 12.0. The molecule has 5 nitrogen and oxygen atoms in total. The van der Waals surface area contributed by atoms with Crippen molar-refractivity contribution in [3.63, 3.8) is 0 Å². The number of hydrogen-bond donors (Lipinski definition) is 1. The van der Waals surface area contributed by atoms with Crippen molar-refractivity contribution >= 4 is 23.1 Å². The second kappa shape index (κ2) is 6.52. The van der Waals surface area contributed by atoms with Gasteiger partial charge in [0, 0.05) is 24.2 Å². The fourth-order valence-corrected chi connectivity index (χ4v) is 2.52. The number of carbonyl (C=O) groups excluding carboxylic acids is 2. The highest BCUT2D eigenvalue weighted by molar-refractivity contribution is 6.45. The third kappa shape index (κ3) is 3.12. The van der Waals surface area contributed by atoms with Crippen LogP contribution in [0.5, 0.6) is 0 Å². The molecule has 21 heavy (non-hydrogen) atoms. The Labute approximate surface area is 124 Å². The first kappa shape index (κ1) is 15.2. The van der Waals surface area contributed by atoms with E-state index in [9.17, 15) is 9.59 Å². The van der Waals surface area contributed by atoms with Gasteiger partial charge in [0.05, 0.1) is 0 Å². The number of Topliss-reactive ketones (excluding diaryl/α,β-unsaturated/α-hetero) is 1. The monoisotopic (exact) mass is 288 g/mol. The highest BCUT2D eigenvalue weighted by Crippen LogP contribution is 2.29. The van der Waals surface area contributed by atoms with E-state index >= 15 is 0 Å². The zero-order valence-electron chi connectivity index (χ0n) is 12.4. The molecule has 1 aromatic rings. The van der Waals surface area contributed by atoms with Gasteiger partial charge >= 0.3 is 0 Å². The smallest absolute Gasteiger partial charge is 0.227 e. The molecular formula is C16H20N2O3. The molecule has 0 atom stereocenters. The highest BCUT2D eigenvalue weighted by atomic mass is 16.4. The number of anilines is 1. The minimum Gasteiger partial charge on any atom is -0.411 e. The van der Waals surface area contributed by atoms with E-state index in [1.165, 1.54) is 6.92 Å². The average Bonchev–Trinajstić information content (AvgIpc) is 2.52. The molecule has 0 radical (unpaired) electrons. The van der Waals surface area contributed by atoms with Gasteiger partial charge in [-0.2, -0.15) is 0 Å². The Balaban J connectivity index is 2.32. The van der Waals surface area contributed by atoms with Crippen LogP contribution in [0.2, 0.25) is 0 Å². The number of aryl methyl sites for hydroxylation is 1. The van der Waals surface area contributed by atoms with Crippen molar-refractivity contribution < 1.29 is 14.8 Å². The molecular weight excluding hydrogens is 268 g/mol. The summed E-state index contributed by atoms with van der Waals surface area (Å²) in [5, 5.41) is 11.6. The Morgan fingerprint density at radius 1 is 1.38 bits per heavy atom. The fourth-order valence-electron chi connectivity index (χ4n) is 2.52. The summed E-state index contributed by atoms with van der Waals surface area (Å²) in [6.07, 6.45) is 3.11. The van der Waals surface area contributed by atoms with Crippen LogP contribution in [0.3, 0.4) is 0 Å². The SMILES string of the molecule is CCCCN1C(=O)CCc2cc(C(=O)/C(C)=N\O)ccc21. The van der Waals surface area contributed by atoms with E-state index in [4.69, 9.17) is 5.21 Å². The molecule has 1 aliphatic rings. The van der Waals surface area contributed by atoms with Gasteiger partial charge in [-0.3, -0.25) is 9.59 Å². The zero-order valence-corrected chi connectivity index (χ0v) is 12.4. The molecule has 1 amide bonds. The zero-order chi connectivity index (χ0) is 15.4. The van der Waals surface area contributed by atoms with E-state index in [1.54, 1.807) is 12.1 Å². The summed E-state index contributed by atoms with van der Waals surface area (Å²) in [7, 11) is 0. The van der Waals surface area contributed by atoms with Gasteiger partial charge in [0.2, 0.25) is 11.7 Å². The average molecular weight is 288 g/mol. The van der Waals surface area contributed by atoms with Crippen LogP contribution in [0.25, 0.3) is 0 Å². The van der Waals surface area contributed by atoms with Gasteiger partial charge in [0.25, 0.3) is 0 Å². The molecule has 112 valence electrons. The Kier molecular flexibility index (Phi) is 4.73. The number of unbranched alkanes of at least 4 members (excludes halogenated alkanes) is 1. The number of rotatable bonds is 5. The largest absolute Gasteiger partial charge is 0.411 e. The number of carbonyl (C=O) groups is 2. The molecule has 1 heterocycles. The maximum absolute atomic E-state index is 12.0. The highest BCUT2D eigenvalue weighted by Gasteiger charge is 2.24. The van der Waals surface area contributed by atoms with Crippen LogP contribution in [0.1, 0.15) is 49.0 Å². The molecule has 0 unspecified atom stereocenters. The Morgan fingerprint density at radius 2 is 2.14 bits per heavy atom. The molecule has 1 aromatic carbocycles. The number of ketones is 1. The van der Waals surface area contributed by atoms with Crippen molar-refractivity contribution in [3.05, 3.63) is 29.3 Å². The minimum atomic E-state index is -0.294. The number of benzene rings is 1. The van der Waals surface area contributed by atoms with Crippen molar-refractivity contribution in [2.75, 3.05) is 11.4 Å². The fraction of sp³-hybridized carbons (Fsp3) is 0.438. The third-order valence-corrected chi connectivity index (χ3v) is 3.76. The first-order valence-corrected chi connectivity index (χ1v) is 7.25. The van der Waals surface area contributed by atoms with Gasteiger partial charge in [0.1, 0.15) is 5.71 Å². The van der Waals surface area contributed by atoms with Crippen LogP contribution < -0.4 is 4.90 Å². The van der Waals surface area contributed by atoms with Crippen molar-refractivity contribution in [1.29, 1.82) is 0 Å². The Morgan fingerprint density at radius 3 is 2.81 bits per heavy atom. The number of amides is 1. The normalized spacial score (nSPS) is 15.0. The van der Waals surface area contributed by atoms with Gasteiger partial charge in [0.15, 0.2) is 0 Å². The third-order valence-electron chi connectivity index (χ3n) is 3.76. The summed E-state index contributed by atoms with van der Waals surface area (Å²) in [5.41, 5.74) is 2.45. The van der Waals surface area contributed by atoms with Crippen molar-refractivity contribution in [2.24, 2.45) is 5.16 Å². The summed E-state index contributed by atoms with van der Waals surface area (Å²) >= 11 is 0. The summed E-state index contributed by atoms with van der Waals surface area (Å²) in [4.78, 5) is 25.9. The lowest BCUT2D eigenvalue weighted by Gasteiger charge is -2.29. The molecule has 1 N–H and O–H groups in total. The quantitative estimate of drug-likeness (QED) is 0.392. The lowest BCUT2D eigenvalue weighted by Crippen LogP contribution is -2.36. The van der Waals surface area contributed by atoms with Gasteiger partial charge in [-0.15, -0.1) is 0 Å². The number of fused-ring (bicyclic) bond motifs is 1. The van der Waals surface area contributed by atoms with Crippen LogP contribution in [0.15, 0.2) is 23.4 Å². The Hall–Kier alpha value is -2.17. The molecule has 0 aliphatic carbocycles. The molecule has 0 aromatic heterocycles. The second-order valence-electron chi connectivity index (χ2n) is 5.26. The lowest BCUT2D eigenvalue weighted by atomic mass is 9.96. The minimum absolute atomic E-state index is 0.0599. The van der Waals surface area contributed by atoms with E-state index in [0.29, 0.717) is 24.9 Å². The van der Waals surface area contributed by atoms with E-state index in [1.807, 2.05) is 11.0 Å². The molecule has 0 saturated heterocycles. The summed E-state index contributed by atoms with van der Waals surface area (Å²) in [6.45, 7) is 4.28. The molecule has 0 bridgehead atoms. The van der Waals surface area contributed by atoms with E-state index in [-0.39, 0.29) is 17.4 Å². The predicted molar refractivity (Wildman–Crippen MR) is 81.3 cm³/mol. The lowest BCUT2D eigenvalue weighted by molar-refractivity contribution is -0.118. The van der Waals surface area contributed by atoms with Crippen LogP contribution in [0, 0.1) is 0 Å². The summed E-state index contributed by atoms with van der Waals surface area (Å²) in [5.74, 6) is -0.152. The van der Waals surface area contributed by atoms with Crippen molar-refractivity contribution in [3.8, 4) is 0 Å². The number of oxime groups is 1. The molecule has 0 spiro atoms. The standard InChI is InChI=1S/C16H20N2O3/c1-3-4-9-18-14-7-5-13(16(20)11(2)17-21)10-12(14)6-8-15(18)19/h5,7,10,21H,3-4,6,8-9H2,1-2H3/b17-11-. The summed E-state index contributed by atoms with van der Waals surface area (Å²) < 4.78 is 0. The van der Waals surface area contributed by atoms with Gasteiger partial charge in [-0.05, 0) is 43.5 Å². The first-order chi connectivity index (χ1) is 10.1. The van der Waals surface area contributed by atoms with Crippen molar-refractivity contribution in [1.82, 2.24) is 0 Å². The summed E-state index contributed by atoms with van der Waals surface area (Å²) in [6, 6.07) is 5.31. The maximum Gasteiger partial charge on any atom is 0.227 e. The van der Waals surface area contributed by atoms with Crippen LogP contribution >= 0.6 is 0 Å². The van der Waals surface area contributed by atoms with Crippen LogP contribution in [0.4, 0.5) is 5.69 Å².